The second-order valence-electron chi connectivity index (χ2n) is 9.59. The van der Waals surface area contributed by atoms with Gasteiger partial charge in [0.2, 0.25) is 0 Å². The number of hydrogen-bond acceptors (Lipinski definition) is 0. The van der Waals surface area contributed by atoms with Crippen molar-refractivity contribution in [3.8, 4) is 0 Å². The highest BCUT2D eigenvalue weighted by Crippen LogP contribution is 2.38. The van der Waals surface area contributed by atoms with Gasteiger partial charge in [-0.3, -0.25) is 0 Å². The first-order valence-electron chi connectivity index (χ1n) is 13.0. The second kappa shape index (κ2) is 9.47. The summed E-state index contributed by atoms with van der Waals surface area (Å²) < 4.78 is 0. The summed E-state index contributed by atoms with van der Waals surface area (Å²) in [4.78, 5) is 0. The van der Waals surface area contributed by atoms with Gasteiger partial charge in [0.15, 0.2) is 0 Å². The Morgan fingerprint density at radius 3 is 1.19 bits per heavy atom. The van der Waals surface area contributed by atoms with Gasteiger partial charge in [-0.05, 0) is 78.5 Å². The third-order valence-corrected chi connectivity index (χ3v) is 7.42. The minimum Gasteiger partial charge on any atom is -0.0613 e. The van der Waals surface area contributed by atoms with E-state index in [0.717, 1.165) is 12.8 Å². The molecule has 0 aliphatic carbocycles. The molecule has 0 radical (unpaired) electrons. The van der Waals surface area contributed by atoms with Crippen molar-refractivity contribution in [2.75, 3.05) is 0 Å². The molecule has 0 heteroatoms. The average molecular weight is 463 g/mol. The van der Waals surface area contributed by atoms with Crippen molar-refractivity contribution in [1.82, 2.24) is 0 Å². The maximum Gasteiger partial charge on any atom is -0.00206 e. The standard InChI is InChI=1S/C36H30/c1-3-25-5-9-27(10-6-25)13-15-29-17-19-31-22-24-34-30(16-14-28-11-7-26(4-2)8-12-28)18-20-32-21-23-33(29)35(31)36(32)34/h5-24H,3-4H2,1-2H3/b15-13+,16-14+. The molecule has 0 saturated carbocycles. The van der Waals surface area contributed by atoms with E-state index < -0.39 is 0 Å². The second-order valence-corrected chi connectivity index (χ2v) is 9.59. The van der Waals surface area contributed by atoms with E-state index in [-0.39, 0.29) is 0 Å². The molecule has 0 fully saturated rings. The Morgan fingerprint density at radius 2 is 0.806 bits per heavy atom. The van der Waals surface area contributed by atoms with E-state index in [1.807, 2.05) is 0 Å². The predicted molar refractivity (Wildman–Crippen MR) is 160 cm³/mol. The van der Waals surface area contributed by atoms with E-state index in [9.17, 15) is 0 Å². The molecule has 0 nitrogen and oxygen atoms in total. The number of hydrogen-bond donors (Lipinski definition) is 0. The molecule has 6 aromatic carbocycles. The zero-order chi connectivity index (χ0) is 24.5. The molecule has 174 valence electrons. The van der Waals surface area contributed by atoms with Crippen molar-refractivity contribution in [1.29, 1.82) is 0 Å². The molecule has 0 heterocycles. The minimum absolute atomic E-state index is 1.07. The summed E-state index contributed by atoms with van der Waals surface area (Å²) in [5.41, 5.74) is 7.73. The van der Waals surface area contributed by atoms with E-state index in [4.69, 9.17) is 0 Å². The zero-order valence-corrected chi connectivity index (χ0v) is 21.0. The Labute approximate surface area is 213 Å². The summed E-state index contributed by atoms with van der Waals surface area (Å²) in [6.07, 6.45) is 11.1. The third-order valence-electron chi connectivity index (χ3n) is 7.42. The fourth-order valence-electron chi connectivity index (χ4n) is 5.24. The van der Waals surface area contributed by atoms with Gasteiger partial charge in [0.25, 0.3) is 0 Å². The van der Waals surface area contributed by atoms with Crippen molar-refractivity contribution in [2.45, 2.75) is 26.7 Å². The SMILES string of the molecule is CCc1ccc(/C=C/c2ccc3ccc4c(/C=C/c5ccc(CC)cc5)ccc5ccc2c3c54)cc1. The van der Waals surface area contributed by atoms with Gasteiger partial charge in [-0.25, -0.2) is 0 Å². The first-order chi connectivity index (χ1) is 17.7. The molecule has 0 aliphatic rings. The van der Waals surface area contributed by atoms with Crippen LogP contribution in [-0.2, 0) is 12.8 Å². The van der Waals surface area contributed by atoms with Crippen molar-refractivity contribution >= 4 is 56.6 Å². The first kappa shape index (κ1) is 22.3. The van der Waals surface area contributed by atoms with Crippen LogP contribution in [0.2, 0.25) is 0 Å². The van der Waals surface area contributed by atoms with Gasteiger partial charge in [0.05, 0.1) is 0 Å². The highest BCUT2D eigenvalue weighted by Gasteiger charge is 2.11. The molecule has 0 atom stereocenters. The molecule has 0 N–H and O–H groups in total. The summed E-state index contributed by atoms with van der Waals surface area (Å²) in [7, 11) is 0. The fourth-order valence-corrected chi connectivity index (χ4v) is 5.24. The van der Waals surface area contributed by atoms with Crippen LogP contribution in [0.4, 0.5) is 0 Å². The van der Waals surface area contributed by atoms with E-state index in [1.165, 1.54) is 65.7 Å². The Balaban J connectivity index is 1.44. The van der Waals surface area contributed by atoms with Crippen LogP contribution in [-0.4, -0.2) is 0 Å². The van der Waals surface area contributed by atoms with Crippen molar-refractivity contribution in [2.24, 2.45) is 0 Å². The fraction of sp³-hybridized carbons (Fsp3) is 0.111. The van der Waals surface area contributed by atoms with Crippen LogP contribution in [0.5, 0.6) is 0 Å². The van der Waals surface area contributed by atoms with Gasteiger partial charge < -0.3 is 0 Å². The van der Waals surface area contributed by atoms with Crippen LogP contribution in [0.3, 0.4) is 0 Å². The number of rotatable bonds is 6. The van der Waals surface area contributed by atoms with Crippen LogP contribution in [0, 0.1) is 0 Å². The predicted octanol–water partition coefficient (Wildman–Crippen LogP) is 10.0. The van der Waals surface area contributed by atoms with E-state index >= 15 is 0 Å². The van der Waals surface area contributed by atoms with Crippen molar-refractivity contribution < 1.29 is 0 Å². The number of benzene rings is 6. The van der Waals surface area contributed by atoms with Crippen LogP contribution in [0.15, 0.2) is 97.1 Å². The van der Waals surface area contributed by atoms with E-state index in [1.54, 1.807) is 0 Å². The Morgan fingerprint density at radius 1 is 0.417 bits per heavy atom. The van der Waals surface area contributed by atoms with Crippen LogP contribution in [0.25, 0.3) is 56.6 Å². The van der Waals surface area contributed by atoms with Gasteiger partial charge >= 0.3 is 0 Å². The zero-order valence-electron chi connectivity index (χ0n) is 21.0. The van der Waals surface area contributed by atoms with Crippen LogP contribution in [0.1, 0.15) is 47.2 Å². The highest BCUT2D eigenvalue weighted by molar-refractivity contribution is 6.25. The molecule has 0 amide bonds. The molecular formula is C36H30. The normalized spacial score (nSPS) is 12.2. The summed E-state index contributed by atoms with van der Waals surface area (Å²) in [5.74, 6) is 0. The monoisotopic (exact) mass is 462 g/mol. The summed E-state index contributed by atoms with van der Waals surface area (Å²) in [6.45, 7) is 4.39. The molecule has 0 spiro atoms. The number of aryl methyl sites for hydroxylation is 2. The topological polar surface area (TPSA) is 0 Å². The maximum atomic E-state index is 2.29. The molecule has 0 aliphatic heterocycles. The molecule has 36 heavy (non-hydrogen) atoms. The quantitative estimate of drug-likeness (QED) is 0.171. The van der Waals surface area contributed by atoms with Crippen molar-refractivity contribution in [3.63, 3.8) is 0 Å². The van der Waals surface area contributed by atoms with Crippen molar-refractivity contribution in [3.05, 3.63) is 130 Å². The minimum atomic E-state index is 1.07. The lowest BCUT2D eigenvalue weighted by Crippen LogP contribution is -1.88. The molecule has 0 saturated heterocycles. The van der Waals surface area contributed by atoms with Gasteiger partial charge in [-0.1, -0.05) is 135 Å². The summed E-state index contributed by atoms with van der Waals surface area (Å²) in [6, 6.07) is 35.9. The van der Waals surface area contributed by atoms with Crippen LogP contribution >= 0.6 is 0 Å². The van der Waals surface area contributed by atoms with Gasteiger partial charge in [-0.2, -0.15) is 0 Å². The molecule has 0 unspecified atom stereocenters. The molecule has 6 aromatic rings. The Kier molecular flexibility index (Phi) is 5.87. The third kappa shape index (κ3) is 4.10. The van der Waals surface area contributed by atoms with Gasteiger partial charge in [0, 0.05) is 0 Å². The molecule has 0 bridgehead atoms. The Bertz CT molecular complexity index is 1580. The Hall–Kier alpha value is -4.16. The van der Waals surface area contributed by atoms with Gasteiger partial charge in [-0.15, -0.1) is 0 Å². The lowest BCUT2D eigenvalue weighted by atomic mass is 9.89. The largest absolute Gasteiger partial charge is 0.0613 e. The van der Waals surface area contributed by atoms with Gasteiger partial charge in [0.1, 0.15) is 0 Å². The first-order valence-corrected chi connectivity index (χ1v) is 13.0. The van der Waals surface area contributed by atoms with Crippen LogP contribution < -0.4 is 0 Å². The average Bonchev–Trinajstić information content (AvgIpc) is 2.94. The van der Waals surface area contributed by atoms with E-state index in [0.29, 0.717) is 0 Å². The summed E-state index contributed by atoms with van der Waals surface area (Å²) >= 11 is 0. The van der Waals surface area contributed by atoms with E-state index in [2.05, 4.69) is 135 Å². The lowest BCUT2D eigenvalue weighted by Gasteiger charge is -2.14. The summed E-state index contributed by atoms with van der Waals surface area (Å²) in [5, 5.41) is 7.92. The smallest absolute Gasteiger partial charge is 0.00206 e. The maximum absolute atomic E-state index is 2.29. The molecule has 0 aromatic heterocycles. The highest BCUT2D eigenvalue weighted by atomic mass is 14.1. The lowest BCUT2D eigenvalue weighted by molar-refractivity contribution is 1.14. The molecule has 6 rings (SSSR count). The molecular weight excluding hydrogens is 432 g/mol.